The third kappa shape index (κ3) is 2.01. The van der Waals surface area contributed by atoms with Gasteiger partial charge in [0.15, 0.2) is 5.69 Å². The van der Waals surface area contributed by atoms with E-state index in [1.54, 1.807) is 18.0 Å². The normalized spacial score (nSPS) is 16.3. The molecule has 16 heavy (non-hydrogen) atoms. The predicted octanol–water partition coefficient (Wildman–Crippen LogP) is 1.80. The van der Waals surface area contributed by atoms with Crippen LogP contribution in [0.5, 0.6) is 5.75 Å². The maximum Gasteiger partial charge on any atom is 0.276 e. The van der Waals surface area contributed by atoms with E-state index >= 15 is 0 Å². The van der Waals surface area contributed by atoms with Gasteiger partial charge in [-0.3, -0.25) is 4.79 Å². The van der Waals surface area contributed by atoms with Crippen molar-refractivity contribution in [2.45, 2.75) is 31.7 Å². The minimum absolute atomic E-state index is 0.0441. The summed E-state index contributed by atoms with van der Waals surface area (Å²) in [6.45, 7) is 0. The topological polar surface area (TPSA) is 53.4 Å². The van der Waals surface area contributed by atoms with Crippen LogP contribution in [-0.2, 0) is 0 Å². The zero-order chi connectivity index (χ0) is 11.5. The summed E-state index contributed by atoms with van der Waals surface area (Å²) in [4.78, 5) is 17.7. The maximum atomic E-state index is 12.1. The van der Waals surface area contributed by atoms with Gasteiger partial charge in [-0.15, -0.1) is 0 Å². The van der Waals surface area contributed by atoms with E-state index in [-0.39, 0.29) is 17.4 Å². The Morgan fingerprint density at radius 2 is 2.19 bits per heavy atom. The molecule has 1 aromatic rings. The molecule has 0 aromatic carbocycles. The van der Waals surface area contributed by atoms with Gasteiger partial charge in [-0.25, -0.2) is 4.98 Å². The van der Waals surface area contributed by atoms with Crippen LogP contribution in [-0.4, -0.2) is 34.0 Å². The first-order chi connectivity index (χ1) is 7.70. The van der Waals surface area contributed by atoms with Gasteiger partial charge in [0, 0.05) is 19.3 Å². The molecule has 1 aliphatic rings. The van der Waals surface area contributed by atoms with Crippen LogP contribution in [0.3, 0.4) is 0 Å². The molecule has 1 aromatic heterocycles. The van der Waals surface area contributed by atoms with Gasteiger partial charge in [-0.2, -0.15) is 0 Å². The minimum atomic E-state index is -0.190. The van der Waals surface area contributed by atoms with E-state index in [1.807, 2.05) is 0 Å². The van der Waals surface area contributed by atoms with Gasteiger partial charge in [0.2, 0.25) is 0 Å². The third-order valence-electron chi connectivity index (χ3n) is 3.18. The van der Waals surface area contributed by atoms with Crippen molar-refractivity contribution in [1.82, 2.24) is 9.88 Å². The summed E-state index contributed by atoms with van der Waals surface area (Å²) in [5, 5.41) is 9.56. The molecule has 0 aliphatic heterocycles. The number of carbonyl (C=O) groups excluding carboxylic acids is 1. The average Bonchev–Trinajstić information content (AvgIpc) is 2.81. The van der Waals surface area contributed by atoms with Crippen molar-refractivity contribution in [1.29, 1.82) is 0 Å². The van der Waals surface area contributed by atoms with E-state index < -0.39 is 0 Å². The summed E-state index contributed by atoms with van der Waals surface area (Å²) in [7, 11) is 1.78. The fourth-order valence-electron chi connectivity index (χ4n) is 2.19. The van der Waals surface area contributed by atoms with E-state index in [0.717, 1.165) is 12.8 Å². The second kappa shape index (κ2) is 4.51. The smallest absolute Gasteiger partial charge is 0.276 e. The summed E-state index contributed by atoms with van der Waals surface area (Å²) in [5.74, 6) is -0.234. The number of carbonyl (C=O) groups is 1. The Bertz CT molecular complexity index is 386. The fourth-order valence-corrected chi connectivity index (χ4v) is 2.19. The lowest BCUT2D eigenvalue weighted by Crippen LogP contribution is -2.35. The molecule has 0 bridgehead atoms. The molecule has 1 N–H and O–H groups in total. The van der Waals surface area contributed by atoms with Crippen LogP contribution in [0.2, 0.25) is 0 Å². The molecule has 4 nitrogen and oxygen atoms in total. The van der Waals surface area contributed by atoms with Crippen molar-refractivity contribution >= 4 is 5.91 Å². The van der Waals surface area contributed by atoms with Crippen molar-refractivity contribution in [2.24, 2.45) is 0 Å². The number of pyridine rings is 1. The Hall–Kier alpha value is -1.58. The molecule has 86 valence electrons. The summed E-state index contributed by atoms with van der Waals surface area (Å²) in [6.07, 6.45) is 5.98. The number of nitrogens with zero attached hydrogens (tertiary/aromatic N) is 2. The number of hydrogen-bond donors (Lipinski definition) is 1. The summed E-state index contributed by atoms with van der Waals surface area (Å²) in [5.41, 5.74) is 0.150. The van der Waals surface area contributed by atoms with Crippen molar-refractivity contribution in [3.8, 4) is 5.75 Å². The molecular formula is C12H16N2O2. The van der Waals surface area contributed by atoms with E-state index in [2.05, 4.69) is 4.98 Å². The molecule has 0 unspecified atom stereocenters. The second-order valence-electron chi connectivity index (χ2n) is 4.23. The standard InChI is InChI=1S/C12H16N2O2/c1-14(9-5-2-3-6-9)12(16)11-10(15)7-4-8-13-11/h4,7-9,15H,2-3,5-6H2,1H3. The van der Waals surface area contributed by atoms with E-state index in [9.17, 15) is 9.90 Å². The Balaban J connectivity index is 2.15. The Labute approximate surface area is 94.9 Å². The lowest BCUT2D eigenvalue weighted by molar-refractivity contribution is 0.0726. The van der Waals surface area contributed by atoms with Crippen LogP contribution < -0.4 is 0 Å². The fraction of sp³-hybridized carbons (Fsp3) is 0.500. The highest BCUT2D eigenvalue weighted by Crippen LogP contribution is 2.24. The van der Waals surface area contributed by atoms with Gasteiger partial charge < -0.3 is 10.0 Å². The van der Waals surface area contributed by atoms with Gasteiger partial charge >= 0.3 is 0 Å². The summed E-state index contributed by atoms with van der Waals surface area (Å²) in [6, 6.07) is 3.40. The third-order valence-corrected chi connectivity index (χ3v) is 3.18. The molecule has 1 amide bonds. The molecule has 4 heteroatoms. The predicted molar refractivity (Wildman–Crippen MR) is 60.3 cm³/mol. The van der Waals surface area contributed by atoms with E-state index in [0.29, 0.717) is 6.04 Å². The van der Waals surface area contributed by atoms with Gasteiger partial charge in [-0.05, 0) is 25.0 Å². The van der Waals surface area contributed by atoms with Crippen LogP contribution in [0, 0.1) is 0 Å². The number of amides is 1. The molecule has 1 saturated carbocycles. The molecule has 0 spiro atoms. The molecular weight excluding hydrogens is 204 g/mol. The zero-order valence-corrected chi connectivity index (χ0v) is 9.39. The SMILES string of the molecule is CN(C(=O)c1ncccc1O)C1CCCC1. The lowest BCUT2D eigenvalue weighted by Gasteiger charge is -2.24. The average molecular weight is 220 g/mol. The van der Waals surface area contributed by atoms with Crippen molar-refractivity contribution in [3.05, 3.63) is 24.0 Å². The quantitative estimate of drug-likeness (QED) is 0.826. The largest absolute Gasteiger partial charge is 0.505 e. The molecule has 1 heterocycles. The van der Waals surface area contributed by atoms with Gasteiger partial charge in [0.1, 0.15) is 5.75 Å². The monoisotopic (exact) mass is 220 g/mol. The van der Waals surface area contributed by atoms with Crippen molar-refractivity contribution in [3.63, 3.8) is 0 Å². The summed E-state index contributed by atoms with van der Waals surface area (Å²) >= 11 is 0. The van der Waals surface area contributed by atoms with E-state index in [1.165, 1.54) is 25.1 Å². The first-order valence-corrected chi connectivity index (χ1v) is 5.61. The lowest BCUT2D eigenvalue weighted by atomic mass is 10.2. The minimum Gasteiger partial charge on any atom is -0.505 e. The van der Waals surface area contributed by atoms with Gasteiger partial charge in [0.05, 0.1) is 0 Å². The van der Waals surface area contributed by atoms with Crippen LogP contribution in [0.4, 0.5) is 0 Å². The van der Waals surface area contributed by atoms with Crippen LogP contribution in [0.1, 0.15) is 36.2 Å². The van der Waals surface area contributed by atoms with Gasteiger partial charge in [-0.1, -0.05) is 12.8 Å². The number of rotatable bonds is 2. The molecule has 0 radical (unpaired) electrons. The van der Waals surface area contributed by atoms with Gasteiger partial charge in [0.25, 0.3) is 5.91 Å². The first-order valence-electron chi connectivity index (χ1n) is 5.61. The first kappa shape index (κ1) is 10.9. The van der Waals surface area contributed by atoms with Crippen LogP contribution in [0.15, 0.2) is 18.3 Å². The molecule has 1 aliphatic carbocycles. The Morgan fingerprint density at radius 1 is 1.50 bits per heavy atom. The number of hydrogen-bond acceptors (Lipinski definition) is 3. The number of aromatic hydroxyl groups is 1. The second-order valence-corrected chi connectivity index (χ2v) is 4.23. The molecule has 0 saturated heterocycles. The molecule has 0 atom stereocenters. The summed E-state index contributed by atoms with van der Waals surface area (Å²) < 4.78 is 0. The van der Waals surface area contributed by atoms with Crippen LogP contribution >= 0.6 is 0 Å². The number of aromatic nitrogens is 1. The maximum absolute atomic E-state index is 12.1. The van der Waals surface area contributed by atoms with Crippen molar-refractivity contribution in [2.75, 3.05) is 7.05 Å². The van der Waals surface area contributed by atoms with Crippen LogP contribution in [0.25, 0.3) is 0 Å². The molecule has 1 fully saturated rings. The highest BCUT2D eigenvalue weighted by Gasteiger charge is 2.26. The Morgan fingerprint density at radius 3 is 2.81 bits per heavy atom. The van der Waals surface area contributed by atoms with Crippen molar-refractivity contribution < 1.29 is 9.90 Å². The highest BCUT2D eigenvalue weighted by molar-refractivity contribution is 5.94. The van der Waals surface area contributed by atoms with E-state index in [4.69, 9.17) is 0 Å². The highest BCUT2D eigenvalue weighted by atomic mass is 16.3. The zero-order valence-electron chi connectivity index (χ0n) is 9.39. The molecule has 2 rings (SSSR count). The Kier molecular flexibility index (Phi) is 3.08.